The largest absolute Gasteiger partial charge is 0.444 e. The zero-order valence-corrected chi connectivity index (χ0v) is 11.0. The number of likely N-dealkylation sites (tertiary alicyclic amines) is 1. The van der Waals surface area contributed by atoms with Crippen molar-refractivity contribution in [3.05, 3.63) is 0 Å². The molecule has 0 aromatic rings. The zero-order valence-electron chi connectivity index (χ0n) is 11.0. The molecule has 17 heavy (non-hydrogen) atoms. The van der Waals surface area contributed by atoms with Crippen LogP contribution in [0.5, 0.6) is 0 Å². The van der Waals surface area contributed by atoms with E-state index >= 15 is 0 Å². The second-order valence-electron chi connectivity index (χ2n) is 6.28. The molecule has 1 amide bonds. The van der Waals surface area contributed by atoms with Crippen molar-refractivity contribution in [3.8, 4) is 0 Å². The number of amides is 1. The summed E-state index contributed by atoms with van der Waals surface area (Å²) in [5.41, 5.74) is -0.465. The molecule has 0 aromatic carbocycles. The third kappa shape index (κ3) is 2.92. The van der Waals surface area contributed by atoms with Crippen LogP contribution in [0, 0.1) is 5.92 Å². The van der Waals surface area contributed by atoms with Crippen molar-refractivity contribution in [2.24, 2.45) is 5.92 Å². The standard InChI is InChI=1S/C13H23NO3/c1-13(2,3)17-12(16)14-7-6-9-4-5-11(15)10(14)8-9/h9-11,15H,4-8H2,1-3H3/t9-,10+,11+/m0/s1. The van der Waals surface area contributed by atoms with Crippen molar-refractivity contribution in [2.45, 2.75) is 64.2 Å². The lowest BCUT2D eigenvalue weighted by Gasteiger charge is -2.45. The Morgan fingerprint density at radius 1 is 1.29 bits per heavy atom. The van der Waals surface area contributed by atoms with Crippen LogP contribution in [0.15, 0.2) is 0 Å². The van der Waals surface area contributed by atoms with Gasteiger partial charge >= 0.3 is 6.09 Å². The Bertz CT molecular complexity index is 298. The van der Waals surface area contributed by atoms with Gasteiger partial charge in [0.1, 0.15) is 5.60 Å². The van der Waals surface area contributed by atoms with Gasteiger partial charge in [0.25, 0.3) is 0 Å². The van der Waals surface area contributed by atoms with Gasteiger partial charge in [-0.3, -0.25) is 0 Å². The Balaban J connectivity index is 2.02. The average molecular weight is 241 g/mol. The summed E-state index contributed by atoms with van der Waals surface area (Å²) in [6.07, 6.45) is 3.23. The molecule has 1 saturated heterocycles. The van der Waals surface area contributed by atoms with Crippen LogP contribution in [-0.2, 0) is 4.74 Å². The highest BCUT2D eigenvalue weighted by molar-refractivity contribution is 5.68. The predicted octanol–water partition coefficient (Wildman–Crippen LogP) is 2.16. The van der Waals surface area contributed by atoms with E-state index in [0.29, 0.717) is 5.92 Å². The van der Waals surface area contributed by atoms with Crippen LogP contribution in [0.3, 0.4) is 0 Å². The highest BCUT2D eigenvalue weighted by Crippen LogP contribution is 2.35. The van der Waals surface area contributed by atoms with Gasteiger partial charge < -0.3 is 14.7 Å². The van der Waals surface area contributed by atoms with Gasteiger partial charge in [0.15, 0.2) is 0 Å². The number of carbonyl (C=O) groups is 1. The van der Waals surface area contributed by atoms with Crippen LogP contribution in [0.4, 0.5) is 4.79 Å². The Morgan fingerprint density at radius 2 is 2.00 bits per heavy atom. The number of aliphatic hydroxyl groups is 1. The smallest absolute Gasteiger partial charge is 0.410 e. The molecule has 2 aliphatic rings. The number of aliphatic hydroxyl groups excluding tert-OH is 1. The number of hydrogen-bond donors (Lipinski definition) is 1. The fraction of sp³-hybridized carbons (Fsp3) is 0.923. The van der Waals surface area contributed by atoms with Gasteiger partial charge in [0.05, 0.1) is 12.1 Å². The van der Waals surface area contributed by atoms with Crippen LogP contribution in [0.2, 0.25) is 0 Å². The molecule has 1 aliphatic carbocycles. The van der Waals surface area contributed by atoms with Crippen LogP contribution < -0.4 is 0 Å². The molecule has 1 heterocycles. The minimum Gasteiger partial charge on any atom is -0.444 e. The molecular formula is C13H23NO3. The molecule has 4 nitrogen and oxygen atoms in total. The van der Waals surface area contributed by atoms with E-state index in [1.807, 2.05) is 20.8 Å². The topological polar surface area (TPSA) is 49.8 Å². The molecule has 0 radical (unpaired) electrons. The number of carbonyl (C=O) groups excluding carboxylic acids is 1. The van der Waals surface area contributed by atoms with Gasteiger partial charge in [-0.1, -0.05) is 0 Å². The molecule has 4 heteroatoms. The molecule has 3 atom stereocenters. The average Bonchev–Trinajstić information content (AvgIpc) is 2.21. The van der Waals surface area contributed by atoms with E-state index in [4.69, 9.17) is 4.74 Å². The fourth-order valence-electron chi connectivity index (χ4n) is 2.85. The summed E-state index contributed by atoms with van der Waals surface area (Å²) in [6.45, 7) is 6.33. The third-order valence-electron chi connectivity index (χ3n) is 3.70. The lowest BCUT2D eigenvalue weighted by Crippen LogP contribution is -2.55. The molecule has 1 N–H and O–H groups in total. The molecule has 0 aromatic heterocycles. The number of hydrogen-bond acceptors (Lipinski definition) is 3. The third-order valence-corrected chi connectivity index (χ3v) is 3.70. The SMILES string of the molecule is CC(C)(C)OC(=O)N1CC[C@@H]2CC[C@@H](O)[C@H]1C2. The summed E-state index contributed by atoms with van der Waals surface area (Å²) < 4.78 is 5.39. The fourth-order valence-corrected chi connectivity index (χ4v) is 2.85. The summed E-state index contributed by atoms with van der Waals surface area (Å²) in [4.78, 5) is 13.8. The lowest BCUT2D eigenvalue weighted by molar-refractivity contribution is -0.0441. The highest BCUT2D eigenvalue weighted by atomic mass is 16.6. The Kier molecular flexibility index (Phi) is 3.34. The summed E-state index contributed by atoms with van der Waals surface area (Å²) in [6, 6.07) is -0.0302. The molecule has 1 aliphatic heterocycles. The first-order valence-corrected chi connectivity index (χ1v) is 6.54. The van der Waals surface area contributed by atoms with Crippen LogP contribution in [-0.4, -0.2) is 40.4 Å². The molecule has 2 fully saturated rings. The maximum absolute atomic E-state index is 12.1. The van der Waals surface area contributed by atoms with Crippen molar-refractivity contribution < 1.29 is 14.6 Å². The van der Waals surface area contributed by atoms with E-state index in [1.165, 1.54) is 0 Å². The second-order valence-corrected chi connectivity index (χ2v) is 6.28. The number of nitrogens with zero attached hydrogens (tertiary/aromatic N) is 1. The first kappa shape index (κ1) is 12.7. The molecule has 0 spiro atoms. The summed E-state index contributed by atoms with van der Waals surface area (Å²) >= 11 is 0. The second kappa shape index (κ2) is 4.48. The van der Waals surface area contributed by atoms with Crippen LogP contribution in [0.25, 0.3) is 0 Å². The van der Waals surface area contributed by atoms with Crippen molar-refractivity contribution in [3.63, 3.8) is 0 Å². The van der Waals surface area contributed by atoms with Crippen molar-refractivity contribution in [1.29, 1.82) is 0 Å². The highest BCUT2D eigenvalue weighted by Gasteiger charge is 2.40. The Labute approximate surface area is 103 Å². The summed E-state index contributed by atoms with van der Waals surface area (Å²) in [5.74, 6) is 0.682. The maximum Gasteiger partial charge on any atom is 0.410 e. The number of piperidine rings is 1. The van der Waals surface area contributed by atoms with Crippen molar-refractivity contribution in [1.82, 2.24) is 4.90 Å². The number of fused-ring (bicyclic) bond motifs is 2. The van der Waals surface area contributed by atoms with Crippen LogP contribution >= 0.6 is 0 Å². The van der Waals surface area contributed by atoms with Gasteiger partial charge in [-0.15, -0.1) is 0 Å². The molecule has 2 bridgehead atoms. The summed E-state index contributed by atoms with van der Waals surface area (Å²) in [5, 5.41) is 9.99. The normalized spacial score (nSPS) is 33.4. The van der Waals surface area contributed by atoms with Crippen LogP contribution in [0.1, 0.15) is 46.5 Å². The predicted molar refractivity (Wildman–Crippen MR) is 64.7 cm³/mol. The Hall–Kier alpha value is -0.770. The molecule has 2 rings (SSSR count). The summed E-state index contributed by atoms with van der Waals surface area (Å²) in [7, 11) is 0. The van der Waals surface area contributed by atoms with Gasteiger partial charge in [0.2, 0.25) is 0 Å². The zero-order chi connectivity index (χ0) is 12.6. The van der Waals surface area contributed by atoms with Gasteiger partial charge in [0, 0.05) is 6.54 Å². The minimum absolute atomic E-state index is 0.0302. The monoisotopic (exact) mass is 241 g/mol. The van der Waals surface area contributed by atoms with E-state index in [9.17, 15) is 9.90 Å². The van der Waals surface area contributed by atoms with E-state index in [1.54, 1.807) is 4.90 Å². The lowest BCUT2D eigenvalue weighted by atomic mass is 9.78. The van der Waals surface area contributed by atoms with Gasteiger partial charge in [-0.25, -0.2) is 4.79 Å². The van der Waals surface area contributed by atoms with E-state index in [-0.39, 0.29) is 18.2 Å². The van der Waals surface area contributed by atoms with Gasteiger partial charge in [-0.2, -0.15) is 0 Å². The molecule has 0 unspecified atom stereocenters. The molecule has 98 valence electrons. The van der Waals surface area contributed by atoms with Crippen molar-refractivity contribution >= 4 is 6.09 Å². The van der Waals surface area contributed by atoms with E-state index < -0.39 is 5.60 Å². The van der Waals surface area contributed by atoms with Crippen molar-refractivity contribution in [2.75, 3.05) is 6.54 Å². The molecular weight excluding hydrogens is 218 g/mol. The number of rotatable bonds is 0. The number of ether oxygens (including phenoxy) is 1. The minimum atomic E-state index is -0.465. The first-order chi connectivity index (χ1) is 7.87. The maximum atomic E-state index is 12.1. The first-order valence-electron chi connectivity index (χ1n) is 6.54. The quantitative estimate of drug-likeness (QED) is 0.707. The Morgan fingerprint density at radius 3 is 2.65 bits per heavy atom. The van der Waals surface area contributed by atoms with E-state index in [0.717, 1.165) is 32.2 Å². The van der Waals surface area contributed by atoms with Gasteiger partial charge in [-0.05, 0) is 52.4 Å². The molecule has 1 saturated carbocycles. The van der Waals surface area contributed by atoms with E-state index in [2.05, 4.69) is 0 Å².